The Balaban J connectivity index is 0.000000432. The molecular formula is C23H28FN5O9. The second-order valence-electron chi connectivity index (χ2n) is 7.90. The van der Waals surface area contributed by atoms with E-state index in [0.717, 1.165) is 18.6 Å². The Hall–Kier alpha value is -4.50. The number of ether oxygens (including phenoxy) is 2. The van der Waals surface area contributed by atoms with Crippen molar-refractivity contribution >= 4 is 29.7 Å². The molecule has 38 heavy (non-hydrogen) atoms. The van der Waals surface area contributed by atoms with Gasteiger partial charge in [0.1, 0.15) is 18.5 Å². The number of carbonyl (C=O) groups excluding carboxylic acids is 1. The van der Waals surface area contributed by atoms with Crippen LogP contribution in [-0.2, 0) is 20.9 Å². The molecule has 2 atom stereocenters. The summed E-state index contributed by atoms with van der Waals surface area (Å²) in [5, 5.41) is 32.5. The number of piperidine rings is 1. The van der Waals surface area contributed by atoms with Crippen LogP contribution in [0.4, 0.5) is 14.9 Å². The van der Waals surface area contributed by atoms with Crippen molar-refractivity contribution in [1.29, 1.82) is 0 Å². The summed E-state index contributed by atoms with van der Waals surface area (Å²) in [7, 11) is 0. The second kappa shape index (κ2) is 14.3. The van der Waals surface area contributed by atoms with Gasteiger partial charge in [-0.05, 0) is 18.2 Å². The van der Waals surface area contributed by atoms with E-state index in [0.29, 0.717) is 18.8 Å². The van der Waals surface area contributed by atoms with Gasteiger partial charge >= 0.3 is 18.0 Å². The van der Waals surface area contributed by atoms with Gasteiger partial charge in [-0.15, -0.1) is 4.99 Å². The average molecular weight is 538 g/mol. The maximum atomic E-state index is 14.9. The van der Waals surface area contributed by atoms with Gasteiger partial charge in [0.05, 0.1) is 11.9 Å². The zero-order valence-electron chi connectivity index (χ0n) is 20.0. The quantitative estimate of drug-likeness (QED) is 0.193. The molecule has 8 N–H and O–H groups in total. The van der Waals surface area contributed by atoms with E-state index >= 15 is 0 Å². The van der Waals surface area contributed by atoms with Crippen molar-refractivity contribution in [2.24, 2.45) is 16.5 Å². The standard InChI is InChI=1S/C19H22FN5O3.C4H6O6/c20-17-13(12-27-19(26)24-18(21)22)3-1-5-16(17)25-9-6-14(7-10-25)28-15-4-2-8-23-11-15;5-1(3(7)8)2(6)4(9)10/h1-5,8,11,14H,6-7,9-10,12H2,(H4,21,22,24,26);1-2,5-6H,(H,7,8)(H,9,10)/t;1-,2-/m.1/s1. The number of carboxylic acid groups (broad SMARTS) is 2. The first kappa shape index (κ1) is 29.7. The minimum Gasteiger partial charge on any atom is -0.489 e. The topological polar surface area (TPSA) is 231 Å². The molecule has 1 aliphatic heterocycles. The molecule has 0 bridgehead atoms. The molecule has 1 fully saturated rings. The molecule has 14 nitrogen and oxygen atoms in total. The third kappa shape index (κ3) is 9.18. The van der Waals surface area contributed by atoms with Crippen LogP contribution in [-0.4, -0.2) is 80.8 Å². The number of aliphatic imine (C=N–C) groups is 1. The smallest absolute Gasteiger partial charge is 0.437 e. The number of carboxylic acids is 2. The van der Waals surface area contributed by atoms with E-state index in [9.17, 15) is 18.8 Å². The van der Waals surface area contributed by atoms with Gasteiger partial charge in [-0.1, -0.05) is 12.1 Å². The summed E-state index contributed by atoms with van der Waals surface area (Å²) in [6.45, 7) is 1.05. The highest BCUT2D eigenvalue weighted by Gasteiger charge is 2.29. The van der Waals surface area contributed by atoms with Crippen molar-refractivity contribution in [2.45, 2.75) is 37.8 Å². The minimum atomic E-state index is -2.27. The summed E-state index contributed by atoms with van der Waals surface area (Å²) in [5.74, 6) is -3.64. The Morgan fingerprint density at radius 1 is 1.08 bits per heavy atom. The van der Waals surface area contributed by atoms with Crippen molar-refractivity contribution in [3.63, 3.8) is 0 Å². The molecule has 1 aromatic heterocycles. The van der Waals surface area contributed by atoms with Crippen LogP contribution in [0.5, 0.6) is 5.75 Å². The number of nitrogens with two attached hydrogens (primary N) is 2. The summed E-state index contributed by atoms with van der Waals surface area (Å²) in [6.07, 6.45) is -0.532. The Bertz CT molecular complexity index is 1110. The van der Waals surface area contributed by atoms with Crippen LogP contribution < -0.4 is 21.1 Å². The number of aliphatic carboxylic acids is 2. The number of rotatable bonds is 8. The largest absolute Gasteiger partial charge is 0.489 e. The Labute approximate surface area is 215 Å². The number of benzene rings is 1. The van der Waals surface area contributed by atoms with E-state index in [1.807, 2.05) is 17.0 Å². The predicted octanol–water partition coefficient (Wildman–Crippen LogP) is 0.0559. The van der Waals surface area contributed by atoms with Gasteiger partial charge in [-0.25, -0.2) is 18.8 Å². The number of halogens is 1. The Morgan fingerprint density at radius 3 is 2.24 bits per heavy atom. The molecule has 1 aromatic carbocycles. The lowest BCUT2D eigenvalue weighted by Gasteiger charge is -2.34. The van der Waals surface area contributed by atoms with Crippen LogP contribution in [0.25, 0.3) is 0 Å². The van der Waals surface area contributed by atoms with Gasteiger partial charge in [0.15, 0.2) is 24.0 Å². The molecule has 2 heterocycles. The van der Waals surface area contributed by atoms with E-state index < -0.39 is 42.0 Å². The SMILES string of the molecule is NC(N)=NC(=O)OCc1cccc(N2CCC(Oc3cccnc3)CC2)c1F.O=C(O)[C@H](O)[C@@H](O)C(=O)O. The number of pyridine rings is 1. The number of nitrogens with zero attached hydrogens (tertiary/aromatic N) is 3. The summed E-state index contributed by atoms with van der Waals surface area (Å²) in [6, 6.07) is 8.68. The zero-order valence-corrected chi connectivity index (χ0v) is 20.0. The number of amides is 1. The molecule has 0 unspecified atom stereocenters. The van der Waals surface area contributed by atoms with E-state index in [4.69, 9.17) is 41.4 Å². The molecule has 0 spiro atoms. The summed E-state index contributed by atoms with van der Waals surface area (Å²) >= 11 is 0. The molecule has 3 rings (SSSR count). The van der Waals surface area contributed by atoms with E-state index in [2.05, 4.69) is 9.98 Å². The van der Waals surface area contributed by atoms with E-state index in [1.54, 1.807) is 30.6 Å². The van der Waals surface area contributed by atoms with Gasteiger partial charge in [0.25, 0.3) is 0 Å². The van der Waals surface area contributed by atoms with Crippen molar-refractivity contribution in [2.75, 3.05) is 18.0 Å². The fourth-order valence-corrected chi connectivity index (χ4v) is 3.29. The third-order valence-electron chi connectivity index (χ3n) is 5.15. The molecular weight excluding hydrogens is 509 g/mol. The molecule has 1 aliphatic rings. The highest BCUT2D eigenvalue weighted by atomic mass is 19.1. The van der Waals surface area contributed by atoms with Gasteiger partial charge in [0.2, 0.25) is 0 Å². The Kier molecular flexibility index (Phi) is 11.2. The average Bonchev–Trinajstić information content (AvgIpc) is 2.88. The molecule has 2 aromatic rings. The maximum Gasteiger partial charge on any atom is 0.437 e. The van der Waals surface area contributed by atoms with Crippen LogP contribution in [0.2, 0.25) is 0 Å². The lowest BCUT2D eigenvalue weighted by Crippen LogP contribution is -2.39. The highest BCUT2D eigenvalue weighted by Crippen LogP contribution is 2.27. The summed E-state index contributed by atoms with van der Waals surface area (Å²) in [5.41, 5.74) is 10.9. The lowest BCUT2D eigenvalue weighted by molar-refractivity contribution is -0.165. The highest BCUT2D eigenvalue weighted by molar-refractivity contribution is 5.87. The molecule has 1 saturated heterocycles. The van der Waals surface area contributed by atoms with Crippen LogP contribution >= 0.6 is 0 Å². The van der Waals surface area contributed by atoms with Gasteiger partial charge in [-0.3, -0.25) is 4.98 Å². The zero-order chi connectivity index (χ0) is 28.2. The molecule has 206 valence electrons. The molecule has 15 heteroatoms. The number of anilines is 1. The van der Waals surface area contributed by atoms with Crippen LogP contribution in [0.1, 0.15) is 18.4 Å². The lowest BCUT2D eigenvalue weighted by atomic mass is 10.1. The Morgan fingerprint density at radius 2 is 1.71 bits per heavy atom. The van der Waals surface area contributed by atoms with Crippen LogP contribution in [0.3, 0.4) is 0 Å². The monoisotopic (exact) mass is 537 g/mol. The number of aromatic nitrogens is 1. The van der Waals surface area contributed by atoms with Crippen molar-refractivity contribution < 1.29 is 48.7 Å². The van der Waals surface area contributed by atoms with Crippen molar-refractivity contribution in [1.82, 2.24) is 4.98 Å². The molecule has 1 amide bonds. The number of hydrogen-bond acceptors (Lipinski definition) is 9. The third-order valence-corrected chi connectivity index (χ3v) is 5.15. The summed E-state index contributed by atoms with van der Waals surface area (Å²) < 4.78 is 25.6. The van der Waals surface area contributed by atoms with Gasteiger partial charge in [-0.2, -0.15) is 0 Å². The van der Waals surface area contributed by atoms with Crippen molar-refractivity contribution in [3.8, 4) is 5.75 Å². The molecule has 0 radical (unpaired) electrons. The fourth-order valence-electron chi connectivity index (χ4n) is 3.29. The van der Waals surface area contributed by atoms with E-state index in [1.165, 1.54) is 0 Å². The number of aliphatic hydroxyl groups excluding tert-OH is 2. The molecule has 0 aliphatic carbocycles. The fraction of sp³-hybridized carbons (Fsp3) is 0.348. The number of aliphatic hydroxyl groups is 2. The number of carbonyl (C=O) groups is 3. The predicted molar refractivity (Wildman–Crippen MR) is 130 cm³/mol. The first-order chi connectivity index (χ1) is 18.0. The maximum absolute atomic E-state index is 14.9. The number of guanidine groups is 1. The van der Waals surface area contributed by atoms with E-state index in [-0.39, 0.29) is 18.3 Å². The van der Waals surface area contributed by atoms with Crippen LogP contribution in [0.15, 0.2) is 47.7 Å². The summed E-state index contributed by atoms with van der Waals surface area (Å²) in [4.78, 5) is 40.2. The number of hydrogen-bond donors (Lipinski definition) is 6. The normalized spacial score (nSPS) is 14.8. The first-order valence-corrected chi connectivity index (χ1v) is 11.2. The second-order valence-corrected chi connectivity index (χ2v) is 7.90. The molecule has 0 saturated carbocycles. The van der Waals surface area contributed by atoms with Gasteiger partial charge < -0.3 is 46.3 Å². The van der Waals surface area contributed by atoms with Crippen molar-refractivity contribution in [3.05, 3.63) is 54.1 Å². The first-order valence-electron chi connectivity index (χ1n) is 11.2. The van der Waals surface area contributed by atoms with Crippen LogP contribution in [0, 0.1) is 5.82 Å². The van der Waals surface area contributed by atoms with Gasteiger partial charge in [0, 0.05) is 37.7 Å². The minimum absolute atomic E-state index is 0.0623.